The van der Waals surface area contributed by atoms with Crippen LogP contribution in [0, 0.1) is 17.0 Å². The number of amides is 2. The molecular formula is C26H33N3O4. The van der Waals surface area contributed by atoms with Gasteiger partial charge < -0.3 is 10.2 Å². The molecule has 0 bridgehead atoms. The van der Waals surface area contributed by atoms with Crippen LogP contribution in [-0.4, -0.2) is 33.7 Å². The lowest BCUT2D eigenvalue weighted by Gasteiger charge is -2.33. The number of nitrogens with one attached hydrogen (secondary N) is 1. The SMILES string of the molecule is CC[C@@H](C(=O)NC1CCCCC1)N(Cc1ccccc1C)C(=O)Cc1ccccc1[N+](=O)[O-]. The summed E-state index contributed by atoms with van der Waals surface area (Å²) in [6.07, 6.45) is 5.66. The molecule has 0 aromatic heterocycles. The number of aryl methyl sites for hydroxylation is 1. The maximum absolute atomic E-state index is 13.5. The second-order valence-electron chi connectivity index (χ2n) is 8.78. The third kappa shape index (κ3) is 6.40. The molecule has 1 saturated carbocycles. The van der Waals surface area contributed by atoms with Crippen molar-refractivity contribution in [3.63, 3.8) is 0 Å². The van der Waals surface area contributed by atoms with Crippen LogP contribution >= 0.6 is 0 Å². The third-order valence-corrected chi connectivity index (χ3v) is 6.47. The molecule has 0 spiro atoms. The highest BCUT2D eigenvalue weighted by atomic mass is 16.6. The van der Waals surface area contributed by atoms with E-state index >= 15 is 0 Å². The third-order valence-electron chi connectivity index (χ3n) is 6.47. The van der Waals surface area contributed by atoms with E-state index < -0.39 is 11.0 Å². The number of carbonyl (C=O) groups excluding carboxylic acids is 2. The predicted molar refractivity (Wildman–Crippen MR) is 128 cm³/mol. The van der Waals surface area contributed by atoms with Gasteiger partial charge >= 0.3 is 0 Å². The van der Waals surface area contributed by atoms with E-state index in [0.29, 0.717) is 12.0 Å². The quantitative estimate of drug-likeness (QED) is 0.442. The molecule has 7 nitrogen and oxygen atoms in total. The number of hydrogen-bond donors (Lipinski definition) is 1. The first kappa shape index (κ1) is 24.4. The average molecular weight is 452 g/mol. The lowest BCUT2D eigenvalue weighted by Crippen LogP contribution is -2.52. The highest BCUT2D eigenvalue weighted by Crippen LogP contribution is 2.23. The fourth-order valence-electron chi connectivity index (χ4n) is 4.54. The van der Waals surface area contributed by atoms with Crippen molar-refractivity contribution in [2.24, 2.45) is 0 Å². The van der Waals surface area contributed by atoms with E-state index in [1.807, 2.05) is 38.1 Å². The molecule has 2 aromatic rings. The number of nitro benzene ring substituents is 1. The summed E-state index contributed by atoms with van der Waals surface area (Å²) in [7, 11) is 0. The first-order valence-electron chi connectivity index (χ1n) is 11.8. The van der Waals surface area contributed by atoms with Crippen molar-refractivity contribution in [1.82, 2.24) is 10.2 Å². The Labute approximate surface area is 195 Å². The Hall–Kier alpha value is -3.22. The van der Waals surface area contributed by atoms with Crippen molar-refractivity contribution in [3.05, 3.63) is 75.3 Å². The van der Waals surface area contributed by atoms with Crippen LogP contribution in [0.25, 0.3) is 0 Å². The molecule has 3 rings (SSSR count). The van der Waals surface area contributed by atoms with Gasteiger partial charge in [-0.05, 0) is 37.3 Å². The Morgan fingerprint density at radius 2 is 1.70 bits per heavy atom. The van der Waals surface area contributed by atoms with Crippen molar-refractivity contribution in [1.29, 1.82) is 0 Å². The molecule has 0 unspecified atom stereocenters. The molecule has 1 aliphatic rings. The molecular weight excluding hydrogens is 418 g/mol. The van der Waals surface area contributed by atoms with Gasteiger partial charge in [0, 0.05) is 24.2 Å². The minimum atomic E-state index is -0.637. The maximum Gasteiger partial charge on any atom is 0.273 e. The summed E-state index contributed by atoms with van der Waals surface area (Å²) in [5.41, 5.74) is 2.26. The van der Waals surface area contributed by atoms with Gasteiger partial charge in [0.1, 0.15) is 6.04 Å². The maximum atomic E-state index is 13.5. The topological polar surface area (TPSA) is 92.6 Å². The zero-order chi connectivity index (χ0) is 23.8. The zero-order valence-corrected chi connectivity index (χ0v) is 19.5. The van der Waals surface area contributed by atoms with Crippen molar-refractivity contribution >= 4 is 17.5 Å². The van der Waals surface area contributed by atoms with Gasteiger partial charge in [-0.3, -0.25) is 19.7 Å². The molecule has 0 heterocycles. The molecule has 176 valence electrons. The van der Waals surface area contributed by atoms with Gasteiger partial charge in [-0.15, -0.1) is 0 Å². The van der Waals surface area contributed by atoms with Crippen molar-refractivity contribution < 1.29 is 14.5 Å². The number of carbonyl (C=O) groups is 2. The van der Waals surface area contributed by atoms with Crippen LogP contribution in [0.1, 0.15) is 62.1 Å². The van der Waals surface area contributed by atoms with Crippen LogP contribution in [0.3, 0.4) is 0 Å². The largest absolute Gasteiger partial charge is 0.352 e. The molecule has 2 amide bonds. The summed E-state index contributed by atoms with van der Waals surface area (Å²) in [6.45, 7) is 4.15. The van der Waals surface area contributed by atoms with E-state index in [4.69, 9.17) is 0 Å². The van der Waals surface area contributed by atoms with Crippen molar-refractivity contribution in [2.75, 3.05) is 0 Å². The number of nitrogens with zero attached hydrogens (tertiary/aromatic N) is 2. The Morgan fingerprint density at radius 1 is 1.06 bits per heavy atom. The second-order valence-corrected chi connectivity index (χ2v) is 8.78. The Bertz CT molecular complexity index is 985. The molecule has 1 fully saturated rings. The summed E-state index contributed by atoms with van der Waals surface area (Å²) in [6, 6.07) is 13.6. The summed E-state index contributed by atoms with van der Waals surface area (Å²) in [4.78, 5) is 39.4. The van der Waals surface area contributed by atoms with Crippen LogP contribution in [0.5, 0.6) is 0 Å². The lowest BCUT2D eigenvalue weighted by atomic mass is 9.95. The molecule has 7 heteroatoms. The summed E-state index contributed by atoms with van der Waals surface area (Å²) >= 11 is 0. The van der Waals surface area contributed by atoms with Crippen molar-refractivity contribution in [2.45, 2.75) is 77.4 Å². The van der Waals surface area contributed by atoms with Crippen molar-refractivity contribution in [3.8, 4) is 0 Å². The first-order valence-corrected chi connectivity index (χ1v) is 11.8. The number of benzene rings is 2. The Balaban J connectivity index is 1.87. The molecule has 2 aromatic carbocycles. The molecule has 0 aliphatic heterocycles. The Morgan fingerprint density at radius 3 is 2.33 bits per heavy atom. The van der Waals surface area contributed by atoms with E-state index in [1.165, 1.54) is 12.5 Å². The number of para-hydroxylation sites is 1. The molecule has 0 saturated heterocycles. The van der Waals surface area contributed by atoms with E-state index in [9.17, 15) is 19.7 Å². The molecule has 0 radical (unpaired) electrons. The van der Waals surface area contributed by atoms with E-state index in [-0.39, 0.29) is 36.5 Å². The van der Waals surface area contributed by atoms with Gasteiger partial charge in [0.2, 0.25) is 11.8 Å². The van der Waals surface area contributed by atoms with Gasteiger partial charge in [-0.1, -0.05) is 68.7 Å². The minimum absolute atomic E-state index is 0.0820. The summed E-state index contributed by atoms with van der Waals surface area (Å²) < 4.78 is 0. The number of hydrogen-bond acceptors (Lipinski definition) is 4. The van der Waals surface area contributed by atoms with Gasteiger partial charge in [-0.25, -0.2) is 0 Å². The van der Waals surface area contributed by atoms with Gasteiger partial charge in [0.25, 0.3) is 5.69 Å². The number of nitro groups is 1. The van der Waals surface area contributed by atoms with Gasteiger partial charge in [-0.2, -0.15) is 0 Å². The van der Waals surface area contributed by atoms with Crippen LogP contribution in [0.2, 0.25) is 0 Å². The van der Waals surface area contributed by atoms with Gasteiger partial charge in [0.05, 0.1) is 11.3 Å². The average Bonchev–Trinajstić information content (AvgIpc) is 2.81. The molecule has 33 heavy (non-hydrogen) atoms. The highest BCUT2D eigenvalue weighted by Gasteiger charge is 2.31. The number of rotatable bonds is 9. The van der Waals surface area contributed by atoms with E-state index in [2.05, 4.69) is 5.32 Å². The van der Waals surface area contributed by atoms with Gasteiger partial charge in [0.15, 0.2) is 0 Å². The molecule has 1 N–H and O–H groups in total. The fourth-order valence-corrected chi connectivity index (χ4v) is 4.54. The van der Waals surface area contributed by atoms with Crippen LogP contribution in [-0.2, 0) is 22.6 Å². The standard InChI is InChI=1S/C26H33N3O4/c1-3-23(26(31)27-22-14-5-4-6-15-22)28(18-21-13-8-7-11-19(21)2)25(30)17-20-12-9-10-16-24(20)29(32)33/h7-13,16,22-23H,3-6,14-15,17-18H2,1-2H3,(H,27,31)/t23-/m0/s1. The summed E-state index contributed by atoms with van der Waals surface area (Å²) in [5, 5.41) is 14.6. The normalized spacial score (nSPS) is 15.0. The zero-order valence-electron chi connectivity index (χ0n) is 19.5. The van der Waals surface area contributed by atoms with Crippen LogP contribution in [0.4, 0.5) is 5.69 Å². The summed E-state index contributed by atoms with van der Waals surface area (Å²) in [5.74, 6) is -0.438. The second kappa shape index (κ2) is 11.6. The molecule has 1 aliphatic carbocycles. The monoisotopic (exact) mass is 451 g/mol. The Kier molecular flexibility index (Phi) is 8.58. The van der Waals surface area contributed by atoms with Crippen LogP contribution < -0.4 is 5.32 Å². The molecule has 1 atom stereocenters. The highest BCUT2D eigenvalue weighted by molar-refractivity contribution is 5.89. The minimum Gasteiger partial charge on any atom is -0.352 e. The van der Waals surface area contributed by atoms with Crippen LogP contribution in [0.15, 0.2) is 48.5 Å². The lowest BCUT2D eigenvalue weighted by molar-refractivity contribution is -0.385. The smallest absolute Gasteiger partial charge is 0.273 e. The predicted octanol–water partition coefficient (Wildman–Crippen LogP) is 4.70. The first-order chi connectivity index (χ1) is 15.9. The van der Waals surface area contributed by atoms with E-state index in [0.717, 1.165) is 36.8 Å². The van der Waals surface area contributed by atoms with E-state index in [1.54, 1.807) is 23.1 Å². The fraction of sp³-hybridized carbons (Fsp3) is 0.462.